The fraction of sp³-hybridized carbons (Fsp3) is 0.568. The Morgan fingerprint density at radius 3 is 1.20 bits per heavy atom. The predicted octanol–water partition coefficient (Wildman–Crippen LogP) is 6.64. The molecule has 0 aliphatic heterocycles. The molecule has 3 N–H and O–H groups in total. The minimum absolute atomic E-state index is 0.0827. The lowest BCUT2D eigenvalue weighted by Crippen LogP contribution is -2.54. The summed E-state index contributed by atoms with van der Waals surface area (Å²) < 4.78 is 37.4. The zero-order valence-corrected chi connectivity index (χ0v) is 36.9. The van der Waals surface area contributed by atoms with Gasteiger partial charge in [-0.05, 0) is 85.5 Å². The number of nitrogens with one attached hydrogen (secondary N) is 3. The second-order valence-corrected chi connectivity index (χ2v) is 14.8. The summed E-state index contributed by atoms with van der Waals surface area (Å²) in [4.78, 5) is 92.9. The van der Waals surface area contributed by atoms with Gasteiger partial charge >= 0.3 is 42.2 Å². The summed E-state index contributed by atoms with van der Waals surface area (Å²) in [6, 6.07) is 0. The zero-order chi connectivity index (χ0) is 46.5. The second-order valence-electron chi connectivity index (χ2n) is 14.8. The maximum atomic E-state index is 14.1. The van der Waals surface area contributed by atoms with Crippen molar-refractivity contribution in [2.75, 3.05) is 47.1 Å². The zero-order valence-electron chi connectivity index (χ0n) is 36.9. The molecule has 0 saturated carbocycles. The van der Waals surface area contributed by atoms with Gasteiger partial charge in [0, 0.05) is 25.6 Å². The van der Waals surface area contributed by atoms with Gasteiger partial charge in [0.1, 0.15) is 13.2 Å². The number of methoxy groups -OCH3 is 2. The van der Waals surface area contributed by atoms with Gasteiger partial charge in [-0.2, -0.15) is 0 Å². The molecule has 0 aliphatic rings. The number of rotatable bonds is 31. The Labute approximate surface area is 360 Å². The highest BCUT2D eigenvalue weighted by atomic mass is 16.6. The molecule has 17 nitrogen and oxygen atoms in total. The lowest BCUT2D eigenvalue weighted by Gasteiger charge is -2.35. The molecule has 0 aromatic carbocycles. The van der Waals surface area contributed by atoms with Crippen molar-refractivity contribution in [2.24, 2.45) is 5.92 Å². The van der Waals surface area contributed by atoms with E-state index < -0.39 is 79.6 Å². The molecule has 4 unspecified atom stereocenters. The largest absolute Gasteiger partial charge is 0.466 e. The summed E-state index contributed by atoms with van der Waals surface area (Å²) in [5, 5.41) is 7.66. The van der Waals surface area contributed by atoms with E-state index in [1.165, 1.54) is 0 Å². The van der Waals surface area contributed by atoms with E-state index in [1.807, 2.05) is 27.7 Å². The third kappa shape index (κ3) is 25.4. The lowest BCUT2D eigenvalue weighted by molar-refractivity contribution is -0.171. The van der Waals surface area contributed by atoms with Crippen molar-refractivity contribution in [1.29, 1.82) is 0 Å². The molecule has 0 bridgehead atoms. The van der Waals surface area contributed by atoms with Gasteiger partial charge in [0.15, 0.2) is 6.10 Å². The van der Waals surface area contributed by atoms with Gasteiger partial charge in [-0.15, -0.1) is 26.3 Å². The van der Waals surface area contributed by atoms with E-state index in [0.717, 1.165) is 36.5 Å². The van der Waals surface area contributed by atoms with Gasteiger partial charge < -0.3 is 49.1 Å². The fourth-order valence-corrected chi connectivity index (χ4v) is 5.34. The van der Waals surface area contributed by atoms with E-state index in [-0.39, 0.29) is 43.6 Å². The molecule has 0 fully saturated rings. The molecule has 0 heterocycles. The van der Waals surface area contributed by atoms with Crippen LogP contribution in [0.1, 0.15) is 91.9 Å². The first-order chi connectivity index (χ1) is 28.7. The van der Waals surface area contributed by atoms with Crippen LogP contribution in [-0.4, -0.2) is 108 Å². The molecular formula is C44H67N3O14. The minimum Gasteiger partial charge on any atom is -0.466 e. The highest BCUT2D eigenvalue weighted by Gasteiger charge is 2.48. The number of carbonyl (C=O) groups is 7. The van der Waals surface area contributed by atoms with Crippen molar-refractivity contribution in [3.05, 3.63) is 72.9 Å². The Kier molecular flexibility index (Phi) is 28.1. The predicted molar refractivity (Wildman–Crippen MR) is 228 cm³/mol. The van der Waals surface area contributed by atoms with E-state index in [0.29, 0.717) is 51.4 Å². The first-order valence-corrected chi connectivity index (χ1v) is 20.0. The molecule has 0 radical (unpaired) electrons. The van der Waals surface area contributed by atoms with Crippen molar-refractivity contribution in [3.63, 3.8) is 0 Å². The molecule has 0 aromatic rings. The van der Waals surface area contributed by atoms with Crippen molar-refractivity contribution < 1.29 is 66.7 Å². The van der Waals surface area contributed by atoms with Crippen LogP contribution in [0.3, 0.4) is 0 Å². The lowest BCUT2D eigenvalue weighted by atomic mass is 9.86. The number of amides is 3. The van der Waals surface area contributed by atoms with Crippen LogP contribution in [0.2, 0.25) is 0 Å². The van der Waals surface area contributed by atoms with E-state index >= 15 is 0 Å². The molecule has 61 heavy (non-hydrogen) atoms. The third-order valence-corrected chi connectivity index (χ3v) is 8.55. The van der Waals surface area contributed by atoms with Crippen LogP contribution in [0, 0.1) is 5.92 Å². The van der Waals surface area contributed by atoms with E-state index in [9.17, 15) is 33.6 Å². The summed E-state index contributed by atoms with van der Waals surface area (Å²) >= 11 is 0. The van der Waals surface area contributed by atoms with Crippen molar-refractivity contribution in [3.8, 4) is 0 Å². The summed E-state index contributed by atoms with van der Waals surface area (Å²) in [5.74, 6) is -5.87. The highest BCUT2D eigenvalue weighted by molar-refractivity contribution is 5.89. The molecule has 0 rings (SSSR count). The topological polar surface area (TPSA) is 220 Å². The summed E-state index contributed by atoms with van der Waals surface area (Å²) in [5.41, 5.74) is 2.85. The molecule has 4 atom stereocenters. The van der Waals surface area contributed by atoms with Gasteiger partial charge in [0.05, 0.1) is 25.4 Å². The number of esters is 4. The number of unbranched alkanes of at least 4 members (excludes halogenated alkanes) is 1. The van der Waals surface area contributed by atoms with Crippen LogP contribution in [0.4, 0.5) is 14.4 Å². The van der Waals surface area contributed by atoms with Crippen molar-refractivity contribution in [1.82, 2.24) is 16.0 Å². The van der Waals surface area contributed by atoms with Crippen molar-refractivity contribution >= 4 is 42.2 Å². The molecule has 342 valence electrons. The van der Waals surface area contributed by atoms with E-state index in [1.54, 1.807) is 0 Å². The highest BCUT2D eigenvalue weighted by Crippen LogP contribution is 2.29. The fourth-order valence-electron chi connectivity index (χ4n) is 5.34. The van der Waals surface area contributed by atoms with Gasteiger partial charge in [0.25, 0.3) is 0 Å². The number of carbonyl (C=O) groups excluding carboxylic acids is 7. The average molecular weight is 862 g/mol. The number of alkyl carbamates (subject to hydrolysis) is 3. The van der Waals surface area contributed by atoms with Crippen LogP contribution >= 0.6 is 0 Å². The molecule has 0 spiro atoms. The summed E-state index contributed by atoms with van der Waals surface area (Å²) in [6.45, 7) is 28.7. The Hall–Kier alpha value is -5.87. The molecule has 17 heteroatoms. The van der Waals surface area contributed by atoms with E-state index in [2.05, 4.69) is 64.9 Å². The number of hydrogen-bond donors (Lipinski definition) is 3. The Morgan fingerprint density at radius 1 is 0.475 bits per heavy atom. The van der Waals surface area contributed by atoms with Crippen LogP contribution in [0.25, 0.3) is 0 Å². The smallest absolute Gasteiger partial charge is 0.408 e. The standard InChI is InChI=1S/C44H67N3O14/c1-28(2)18-13-14-22-34(36(40(50)57-26-32(9)38(48)55-11)60-43(53)46-24-16-20-30(5)6)35(59-42(52)45-23-15-19-29(3)4)37(41(51)58-27-33(10)39(49)56-12)61-44(54)47-25-17-21-31(7)8/h34-37H,1,3,5,7,9-10,13-27H2,2,4,6,8,11-12H3,(H,45,52)(H,46,53)(H,47,54). The van der Waals surface area contributed by atoms with Gasteiger partial charge in [0.2, 0.25) is 12.2 Å². The second kappa shape index (κ2) is 31.1. The molecular weight excluding hydrogens is 794 g/mol. The van der Waals surface area contributed by atoms with Gasteiger partial charge in [-0.25, -0.2) is 33.6 Å². The number of hydrogen-bond acceptors (Lipinski definition) is 14. The third-order valence-electron chi connectivity index (χ3n) is 8.55. The Morgan fingerprint density at radius 2 is 0.820 bits per heavy atom. The monoisotopic (exact) mass is 861 g/mol. The van der Waals surface area contributed by atoms with E-state index in [4.69, 9.17) is 23.7 Å². The van der Waals surface area contributed by atoms with Gasteiger partial charge in [-0.1, -0.05) is 41.9 Å². The molecule has 0 aromatic heterocycles. The average Bonchev–Trinajstić information content (AvgIpc) is 3.20. The van der Waals surface area contributed by atoms with Gasteiger partial charge in [-0.3, -0.25) is 0 Å². The first kappa shape index (κ1) is 55.1. The molecule has 0 saturated heterocycles. The maximum absolute atomic E-state index is 14.1. The molecule has 0 aliphatic carbocycles. The Balaban J connectivity index is 7.60. The summed E-state index contributed by atoms with van der Waals surface area (Å²) in [7, 11) is 2.19. The van der Waals surface area contributed by atoms with Crippen molar-refractivity contribution in [2.45, 2.75) is 110 Å². The molecule has 3 amide bonds. The number of allylic oxidation sites excluding steroid dienone is 4. The van der Waals surface area contributed by atoms with Crippen LogP contribution < -0.4 is 16.0 Å². The first-order valence-electron chi connectivity index (χ1n) is 20.0. The Bertz CT molecular complexity index is 1590. The normalized spacial score (nSPS) is 12.4. The maximum Gasteiger partial charge on any atom is 0.408 e. The minimum atomic E-state index is -2.17. The number of ether oxygens (including phenoxy) is 7. The summed E-state index contributed by atoms with van der Waals surface area (Å²) in [6.07, 6.45) is -5.21. The van der Waals surface area contributed by atoms with Crippen LogP contribution in [0.15, 0.2) is 72.9 Å². The SMILES string of the molecule is C=C(C)CCCCC(C(OC(=O)NCCCC(=C)C)C(=O)OCC(=C)C(=O)OC)C(OC(=O)NCCCC(=C)C)C(OC(=O)NCCCC(=C)C)C(=O)OCC(=C)C(=O)OC. The van der Waals surface area contributed by atoms with Crippen LogP contribution in [0.5, 0.6) is 0 Å². The quantitative estimate of drug-likeness (QED) is 0.0219. The van der Waals surface area contributed by atoms with Crippen LogP contribution in [-0.2, 0) is 52.3 Å².